The van der Waals surface area contributed by atoms with E-state index in [1.165, 1.54) is 11.1 Å². The van der Waals surface area contributed by atoms with Crippen molar-refractivity contribution in [3.05, 3.63) is 29.3 Å². The predicted molar refractivity (Wildman–Crippen MR) is 79.7 cm³/mol. The third-order valence-electron chi connectivity index (χ3n) is 3.29. The van der Waals surface area contributed by atoms with E-state index < -0.39 is 5.60 Å². The van der Waals surface area contributed by atoms with E-state index in [-0.39, 0.29) is 12.6 Å². The van der Waals surface area contributed by atoms with Crippen LogP contribution in [-0.2, 0) is 0 Å². The zero-order valence-corrected chi connectivity index (χ0v) is 12.7. The van der Waals surface area contributed by atoms with E-state index in [4.69, 9.17) is 10.5 Å². The summed E-state index contributed by atoms with van der Waals surface area (Å²) in [5.41, 5.74) is 7.05. The van der Waals surface area contributed by atoms with Gasteiger partial charge in [-0.1, -0.05) is 26.0 Å². The summed E-state index contributed by atoms with van der Waals surface area (Å²) in [5.74, 6) is 1.33. The van der Waals surface area contributed by atoms with Gasteiger partial charge in [0.2, 0.25) is 0 Å². The van der Waals surface area contributed by atoms with Gasteiger partial charge in [0.05, 0.1) is 11.7 Å². The number of benzene rings is 1. The van der Waals surface area contributed by atoms with Crippen molar-refractivity contribution in [2.45, 2.75) is 58.7 Å². The van der Waals surface area contributed by atoms with Gasteiger partial charge in [-0.05, 0) is 43.9 Å². The molecular formula is C16H27NO2. The molecule has 108 valence electrons. The summed E-state index contributed by atoms with van der Waals surface area (Å²) in [6.45, 7) is 10.3. The first kappa shape index (κ1) is 16.0. The van der Waals surface area contributed by atoms with Gasteiger partial charge in [0.15, 0.2) is 0 Å². The van der Waals surface area contributed by atoms with Crippen LogP contribution in [0.15, 0.2) is 18.2 Å². The minimum atomic E-state index is -0.874. The summed E-state index contributed by atoms with van der Waals surface area (Å²) in [7, 11) is 0. The van der Waals surface area contributed by atoms with Crippen LogP contribution < -0.4 is 10.5 Å². The lowest BCUT2D eigenvalue weighted by molar-refractivity contribution is 0.0234. The maximum atomic E-state index is 10.00. The monoisotopic (exact) mass is 265 g/mol. The SMILES string of the molecule is Cc1ccc(C(C)C)c(OC(C)CC(C)(O)CN)c1. The van der Waals surface area contributed by atoms with E-state index in [9.17, 15) is 5.11 Å². The number of aliphatic hydroxyl groups is 1. The van der Waals surface area contributed by atoms with Gasteiger partial charge in [-0.3, -0.25) is 0 Å². The second kappa shape index (κ2) is 6.40. The Morgan fingerprint density at radius 2 is 1.95 bits per heavy atom. The Hall–Kier alpha value is -1.06. The zero-order valence-electron chi connectivity index (χ0n) is 12.7. The lowest BCUT2D eigenvalue weighted by atomic mass is 9.98. The first-order valence-electron chi connectivity index (χ1n) is 6.95. The topological polar surface area (TPSA) is 55.5 Å². The van der Waals surface area contributed by atoms with Gasteiger partial charge in [-0.25, -0.2) is 0 Å². The Bertz CT molecular complexity index is 413. The van der Waals surface area contributed by atoms with Crippen molar-refractivity contribution < 1.29 is 9.84 Å². The Labute approximate surface area is 116 Å². The van der Waals surface area contributed by atoms with Crippen LogP contribution in [0.1, 0.15) is 51.2 Å². The maximum Gasteiger partial charge on any atom is 0.123 e. The molecule has 0 aliphatic heterocycles. The average Bonchev–Trinajstić information content (AvgIpc) is 2.27. The smallest absolute Gasteiger partial charge is 0.123 e. The number of rotatable bonds is 6. The predicted octanol–water partition coefficient (Wildman–Crippen LogP) is 2.99. The molecule has 3 N–H and O–H groups in total. The molecule has 3 nitrogen and oxygen atoms in total. The molecule has 0 saturated carbocycles. The third kappa shape index (κ3) is 4.84. The summed E-state index contributed by atoms with van der Waals surface area (Å²) in [6, 6.07) is 6.27. The molecule has 0 aliphatic carbocycles. The molecule has 0 aliphatic rings. The molecule has 3 heteroatoms. The number of ether oxygens (including phenoxy) is 1. The Balaban J connectivity index is 2.84. The second-order valence-electron chi connectivity index (χ2n) is 6.03. The highest BCUT2D eigenvalue weighted by atomic mass is 16.5. The fourth-order valence-corrected chi connectivity index (χ4v) is 2.18. The molecule has 1 aromatic carbocycles. The molecule has 0 saturated heterocycles. The highest BCUT2D eigenvalue weighted by Crippen LogP contribution is 2.29. The van der Waals surface area contributed by atoms with Crippen molar-refractivity contribution in [2.75, 3.05) is 6.54 Å². The third-order valence-corrected chi connectivity index (χ3v) is 3.29. The molecular weight excluding hydrogens is 238 g/mol. The van der Waals surface area contributed by atoms with E-state index in [2.05, 4.69) is 39.0 Å². The van der Waals surface area contributed by atoms with Crippen molar-refractivity contribution in [1.82, 2.24) is 0 Å². The van der Waals surface area contributed by atoms with E-state index >= 15 is 0 Å². The van der Waals surface area contributed by atoms with Crippen LogP contribution in [0.3, 0.4) is 0 Å². The summed E-state index contributed by atoms with van der Waals surface area (Å²) < 4.78 is 6.01. The fraction of sp³-hybridized carbons (Fsp3) is 0.625. The Morgan fingerprint density at radius 1 is 1.32 bits per heavy atom. The fourth-order valence-electron chi connectivity index (χ4n) is 2.18. The van der Waals surface area contributed by atoms with Crippen LogP contribution in [-0.4, -0.2) is 23.4 Å². The zero-order chi connectivity index (χ0) is 14.6. The summed E-state index contributed by atoms with van der Waals surface area (Å²) >= 11 is 0. The van der Waals surface area contributed by atoms with Gasteiger partial charge in [-0.15, -0.1) is 0 Å². The van der Waals surface area contributed by atoms with E-state index in [1.807, 2.05) is 6.92 Å². The molecule has 0 heterocycles. The quantitative estimate of drug-likeness (QED) is 0.831. The van der Waals surface area contributed by atoms with E-state index in [0.29, 0.717) is 12.3 Å². The van der Waals surface area contributed by atoms with E-state index in [0.717, 1.165) is 5.75 Å². The molecule has 0 aromatic heterocycles. The largest absolute Gasteiger partial charge is 0.490 e. The average molecular weight is 265 g/mol. The van der Waals surface area contributed by atoms with Crippen molar-refractivity contribution in [3.63, 3.8) is 0 Å². The standard InChI is InChI=1S/C16H27NO2/c1-11(2)14-7-6-12(3)8-15(14)19-13(4)9-16(5,18)10-17/h6-8,11,13,18H,9-10,17H2,1-5H3. The second-order valence-corrected chi connectivity index (χ2v) is 6.03. The van der Waals surface area contributed by atoms with Gasteiger partial charge in [-0.2, -0.15) is 0 Å². The molecule has 0 fully saturated rings. The summed E-state index contributed by atoms with van der Waals surface area (Å²) in [6.07, 6.45) is 0.451. The normalized spacial score (nSPS) is 16.2. The van der Waals surface area contributed by atoms with Crippen LogP contribution in [0.4, 0.5) is 0 Å². The summed E-state index contributed by atoms with van der Waals surface area (Å²) in [5, 5.41) is 10.00. The number of aryl methyl sites for hydroxylation is 1. The van der Waals surface area contributed by atoms with Crippen LogP contribution in [0.5, 0.6) is 5.75 Å². The van der Waals surface area contributed by atoms with Gasteiger partial charge in [0.25, 0.3) is 0 Å². The van der Waals surface area contributed by atoms with Crippen molar-refractivity contribution >= 4 is 0 Å². The number of hydrogen-bond donors (Lipinski definition) is 2. The first-order valence-corrected chi connectivity index (χ1v) is 6.95. The van der Waals surface area contributed by atoms with Crippen molar-refractivity contribution in [3.8, 4) is 5.75 Å². The highest BCUT2D eigenvalue weighted by Gasteiger charge is 2.23. The van der Waals surface area contributed by atoms with Crippen LogP contribution >= 0.6 is 0 Å². The summed E-state index contributed by atoms with van der Waals surface area (Å²) in [4.78, 5) is 0. The lowest BCUT2D eigenvalue weighted by Gasteiger charge is -2.26. The molecule has 19 heavy (non-hydrogen) atoms. The van der Waals surface area contributed by atoms with Gasteiger partial charge in [0.1, 0.15) is 5.75 Å². The number of hydrogen-bond acceptors (Lipinski definition) is 3. The van der Waals surface area contributed by atoms with Gasteiger partial charge in [0, 0.05) is 13.0 Å². The lowest BCUT2D eigenvalue weighted by Crippen LogP contribution is -2.38. The van der Waals surface area contributed by atoms with Crippen molar-refractivity contribution in [2.24, 2.45) is 5.73 Å². The number of nitrogens with two attached hydrogens (primary N) is 1. The van der Waals surface area contributed by atoms with E-state index in [1.54, 1.807) is 6.92 Å². The highest BCUT2D eigenvalue weighted by molar-refractivity contribution is 5.39. The minimum absolute atomic E-state index is 0.0714. The van der Waals surface area contributed by atoms with Gasteiger partial charge < -0.3 is 15.6 Å². The van der Waals surface area contributed by atoms with Crippen LogP contribution in [0.2, 0.25) is 0 Å². The molecule has 0 bridgehead atoms. The Kier molecular flexibility index (Phi) is 5.39. The molecule has 0 radical (unpaired) electrons. The molecule has 1 aromatic rings. The van der Waals surface area contributed by atoms with Gasteiger partial charge >= 0.3 is 0 Å². The molecule has 2 atom stereocenters. The molecule has 0 amide bonds. The van der Waals surface area contributed by atoms with Crippen LogP contribution in [0.25, 0.3) is 0 Å². The van der Waals surface area contributed by atoms with Crippen molar-refractivity contribution in [1.29, 1.82) is 0 Å². The molecule has 2 unspecified atom stereocenters. The molecule has 1 rings (SSSR count). The maximum absolute atomic E-state index is 10.00. The first-order chi connectivity index (χ1) is 8.75. The van der Waals surface area contributed by atoms with Crippen LogP contribution in [0, 0.1) is 6.92 Å². The molecule has 0 spiro atoms. The Morgan fingerprint density at radius 3 is 2.47 bits per heavy atom. The minimum Gasteiger partial charge on any atom is -0.490 e.